The third-order valence-corrected chi connectivity index (χ3v) is 1.24. The van der Waals surface area contributed by atoms with Crippen LogP contribution >= 0.6 is 0 Å². The van der Waals surface area contributed by atoms with Gasteiger partial charge < -0.3 is 4.74 Å². The lowest BCUT2D eigenvalue weighted by atomic mass is 10.5. The van der Waals surface area contributed by atoms with E-state index in [4.69, 9.17) is 0 Å². The van der Waals surface area contributed by atoms with Crippen molar-refractivity contribution in [1.29, 1.82) is 0 Å². The molecule has 1 radical (unpaired) electrons. The topological polar surface area (TPSA) is 26.3 Å². The fourth-order valence-corrected chi connectivity index (χ4v) is 0.514. The first-order chi connectivity index (χ1) is 3.34. The molecule has 0 spiro atoms. The first-order valence-corrected chi connectivity index (χ1v) is 2.37. The molecule has 2 heteroatoms. The summed E-state index contributed by atoms with van der Waals surface area (Å²) in [5, 5.41) is 0. The maximum atomic E-state index is 9.45. The van der Waals surface area contributed by atoms with E-state index in [0.29, 0.717) is 5.92 Å². The second-order valence-electron chi connectivity index (χ2n) is 1.95. The van der Waals surface area contributed by atoms with Crippen LogP contribution in [0.3, 0.4) is 0 Å². The molecule has 0 aromatic heterocycles. The predicted octanol–water partition coefficient (Wildman–Crippen LogP) is 0.479. The quantitative estimate of drug-likeness (QED) is 0.503. The van der Waals surface area contributed by atoms with Crippen molar-refractivity contribution in [3.8, 4) is 0 Å². The Balaban J connectivity index is 2.08. The molecule has 39 valence electrons. The molecule has 2 atom stereocenters. The molecule has 2 unspecified atom stereocenters. The van der Waals surface area contributed by atoms with Crippen LogP contribution in [0.2, 0.25) is 0 Å². The van der Waals surface area contributed by atoms with E-state index < -0.39 is 0 Å². The predicted molar refractivity (Wildman–Crippen MR) is 24.3 cm³/mol. The monoisotopic (exact) mass is 99.0 g/mol. The standard InChI is InChI=1S/C5H7O2/c1-4-2-5(4)7-3-6/h4-5H,2H2,1H3. The highest BCUT2D eigenvalue weighted by Crippen LogP contribution is 2.31. The summed E-state index contributed by atoms with van der Waals surface area (Å²) in [5.74, 6) is 0.585. The van der Waals surface area contributed by atoms with Gasteiger partial charge in [0, 0.05) is 0 Å². The van der Waals surface area contributed by atoms with Gasteiger partial charge >= 0.3 is 6.47 Å². The number of rotatable bonds is 2. The van der Waals surface area contributed by atoms with E-state index in [1.165, 1.54) is 6.47 Å². The van der Waals surface area contributed by atoms with Crippen molar-refractivity contribution in [3.63, 3.8) is 0 Å². The van der Waals surface area contributed by atoms with Gasteiger partial charge in [0.05, 0.1) is 0 Å². The molecule has 0 saturated heterocycles. The van der Waals surface area contributed by atoms with Crippen LogP contribution in [-0.4, -0.2) is 12.6 Å². The summed E-state index contributed by atoms with van der Waals surface area (Å²) in [6.45, 7) is 3.45. The maximum Gasteiger partial charge on any atom is 0.417 e. The summed E-state index contributed by atoms with van der Waals surface area (Å²) in [5.41, 5.74) is 0. The van der Waals surface area contributed by atoms with Crippen molar-refractivity contribution in [2.45, 2.75) is 19.4 Å². The smallest absolute Gasteiger partial charge is 0.417 e. The average Bonchev–Trinajstić information content (AvgIpc) is 2.22. The van der Waals surface area contributed by atoms with Gasteiger partial charge in [-0.1, -0.05) is 6.92 Å². The van der Waals surface area contributed by atoms with Crippen molar-refractivity contribution in [1.82, 2.24) is 0 Å². The molecule has 0 aromatic rings. The minimum atomic E-state index is 0.192. The molecule has 7 heavy (non-hydrogen) atoms. The zero-order chi connectivity index (χ0) is 5.28. The van der Waals surface area contributed by atoms with Crippen LogP contribution in [-0.2, 0) is 9.53 Å². The Morgan fingerprint density at radius 3 is 2.57 bits per heavy atom. The highest BCUT2D eigenvalue weighted by Gasteiger charge is 2.34. The molecule has 1 saturated carbocycles. The van der Waals surface area contributed by atoms with E-state index in [-0.39, 0.29) is 6.10 Å². The van der Waals surface area contributed by atoms with E-state index in [2.05, 4.69) is 4.74 Å². The van der Waals surface area contributed by atoms with Gasteiger partial charge in [-0.05, 0) is 12.3 Å². The summed E-state index contributed by atoms with van der Waals surface area (Å²) < 4.78 is 4.46. The van der Waals surface area contributed by atoms with Crippen molar-refractivity contribution in [2.75, 3.05) is 0 Å². The maximum absolute atomic E-state index is 9.45. The van der Waals surface area contributed by atoms with E-state index in [1.54, 1.807) is 0 Å². The third kappa shape index (κ3) is 0.918. The van der Waals surface area contributed by atoms with Crippen molar-refractivity contribution >= 4 is 6.47 Å². The van der Waals surface area contributed by atoms with Crippen molar-refractivity contribution in [2.24, 2.45) is 5.92 Å². The van der Waals surface area contributed by atoms with Gasteiger partial charge in [-0.15, -0.1) is 0 Å². The van der Waals surface area contributed by atoms with Crippen LogP contribution < -0.4 is 0 Å². The zero-order valence-electron chi connectivity index (χ0n) is 4.18. The van der Waals surface area contributed by atoms with Gasteiger partial charge in [0.2, 0.25) is 0 Å². The molecule has 0 bridgehead atoms. The van der Waals surface area contributed by atoms with Gasteiger partial charge in [-0.3, -0.25) is 0 Å². The molecule has 1 aliphatic rings. The highest BCUT2D eigenvalue weighted by molar-refractivity contribution is 5.39. The Bertz CT molecular complexity index is 80.1. The third-order valence-electron chi connectivity index (χ3n) is 1.24. The molecule has 1 aliphatic carbocycles. The second kappa shape index (κ2) is 1.52. The van der Waals surface area contributed by atoms with Gasteiger partial charge in [0.15, 0.2) is 0 Å². The lowest BCUT2D eigenvalue weighted by molar-refractivity contribution is 0.252. The molecular weight excluding hydrogens is 92.1 g/mol. The Morgan fingerprint density at radius 1 is 1.86 bits per heavy atom. The van der Waals surface area contributed by atoms with Crippen LogP contribution in [0, 0.1) is 5.92 Å². The average molecular weight is 99.1 g/mol. The fourth-order valence-electron chi connectivity index (χ4n) is 0.514. The SMILES string of the molecule is CC1CC1O[C]=O. The Hall–Kier alpha value is -0.530. The van der Waals surface area contributed by atoms with Crippen LogP contribution in [0.5, 0.6) is 0 Å². The Labute approximate surface area is 42.5 Å². The van der Waals surface area contributed by atoms with E-state index >= 15 is 0 Å². The molecule has 0 N–H and O–H groups in total. The Kier molecular flexibility index (Phi) is 1.01. The lowest BCUT2D eigenvalue weighted by Gasteiger charge is -1.85. The summed E-state index contributed by atoms with van der Waals surface area (Å²) in [7, 11) is 0. The number of hydrogen-bond donors (Lipinski definition) is 0. The summed E-state index contributed by atoms with van der Waals surface area (Å²) in [6.07, 6.45) is 1.22. The molecule has 1 rings (SSSR count). The van der Waals surface area contributed by atoms with E-state index in [0.717, 1.165) is 6.42 Å². The lowest BCUT2D eigenvalue weighted by Crippen LogP contribution is -1.90. The second-order valence-corrected chi connectivity index (χ2v) is 1.95. The zero-order valence-corrected chi connectivity index (χ0v) is 4.18. The van der Waals surface area contributed by atoms with Crippen LogP contribution in [0.1, 0.15) is 13.3 Å². The van der Waals surface area contributed by atoms with E-state index in [1.807, 2.05) is 6.92 Å². The number of hydrogen-bond acceptors (Lipinski definition) is 2. The summed E-state index contributed by atoms with van der Waals surface area (Å²) in [6, 6.07) is 0. The van der Waals surface area contributed by atoms with Crippen molar-refractivity contribution in [3.05, 3.63) is 0 Å². The van der Waals surface area contributed by atoms with Crippen LogP contribution in [0.15, 0.2) is 0 Å². The normalized spacial score (nSPS) is 37.3. The Morgan fingerprint density at radius 2 is 2.43 bits per heavy atom. The molecule has 0 aliphatic heterocycles. The van der Waals surface area contributed by atoms with Gasteiger partial charge in [-0.2, -0.15) is 0 Å². The number of ether oxygens (including phenoxy) is 1. The van der Waals surface area contributed by atoms with Crippen LogP contribution in [0.4, 0.5) is 0 Å². The summed E-state index contributed by atoms with van der Waals surface area (Å²) >= 11 is 0. The van der Waals surface area contributed by atoms with Crippen LogP contribution in [0.25, 0.3) is 0 Å². The molecule has 1 fully saturated rings. The molecule has 0 aromatic carbocycles. The molecular formula is C5H7O2. The molecule has 0 heterocycles. The first-order valence-electron chi connectivity index (χ1n) is 2.37. The van der Waals surface area contributed by atoms with Gasteiger partial charge in [0.1, 0.15) is 6.10 Å². The van der Waals surface area contributed by atoms with E-state index in [9.17, 15) is 4.79 Å². The minimum Gasteiger partial charge on any atom is -0.454 e. The van der Waals surface area contributed by atoms with Gasteiger partial charge in [0.25, 0.3) is 0 Å². The molecule has 0 amide bonds. The van der Waals surface area contributed by atoms with Crippen molar-refractivity contribution < 1.29 is 9.53 Å². The minimum absolute atomic E-state index is 0.192. The fraction of sp³-hybridized carbons (Fsp3) is 0.800. The molecule has 2 nitrogen and oxygen atoms in total. The number of carbonyl (C=O) groups excluding carboxylic acids is 1. The first kappa shape index (κ1) is 4.62. The summed E-state index contributed by atoms with van der Waals surface area (Å²) in [4.78, 5) is 9.45. The highest BCUT2D eigenvalue weighted by atomic mass is 16.5. The largest absolute Gasteiger partial charge is 0.454 e. The van der Waals surface area contributed by atoms with Gasteiger partial charge in [-0.25, -0.2) is 4.79 Å².